The minimum absolute atomic E-state index is 0.195. The highest BCUT2D eigenvalue weighted by Gasteiger charge is 2.13. The highest BCUT2D eigenvalue weighted by molar-refractivity contribution is 7.98. The molecule has 0 unspecified atom stereocenters. The molecule has 36 heavy (non-hydrogen) atoms. The van der Waals surface area contributed by atoms with Crippen LogP contribution in [0.15, 0.2) is 87.5 Å². The van der Waals surface area contributed by atoms with Crippen molar-refractivity contribution in [2.45, 2.75) is 31.4 Å². The zero-order valence-corrected chi connectivity index (χ0v) is 20.4. The van der Waals surface area contributed by atoms with E-state index in [0.717, 1.165) is 16.7 Å². The van der Waals surface area contributed by atoms with E-state index in [2.05, 4.69) is 30.3 Å². The SMILES string of the molecule is CC(=O)OCc1cccc(-c2noc(CSc3nnc(-c4ccncc4)o3)n2)c1.Cc1ccncc1. The number of pyridine rings is 2. The molecule has 0 saturated carbocycles. The molecule has 1 aromatic carbocycles. The van der Waals surface area contributed by atoms with Crippen molar-refractivity contribution in [3.8, 4) is 22.8 Å². The first kappa shape index (κ1) is 24.7. The van der Waals surface area contributed by atoms with Crippen LogP contribution in [0.5, 0.6) is 0 Å². The van der Waals surface area contributed by atoms with Crippen molar-refractivity contribution in [3.63, 3.8) is 0 Å². The maximum atomic E-state index is 11.0. The maximum Gasteiger partial charge on any atom is 0.302 e. The third-order valence-electron chi connectivity index (χ3n) is 4.60. The third-order valence-corrected chi connectivity index (χ3v) is 5.40. The number of aryl methyl sites for hydroxylation is 1. The third kappa shape index (κ3) is 7.31. The Kier molecular flexibility index (Phi) is 8.49. The Hall–Kier alpha value is -4.38. The number of carbonyl (C=O) groups is 1. The predicted octanol–water partition coefficient (Wildman–Crippen LogP) is 4.93. The minimum atomic E-state index is -0.331. The van der Waals surface area contributed by atoms with E-state index < -0.39 is 0 Å². The molecule has 10 nitrogen and oxygen atoms in total. The van der Waals surface area contributed by atoms with Gasteiger partial charge in [0.2, 0.25) is 17.6 Å². The monoisotopic (exact) mass is 502 g/mol. The second-order valence-corrected chi connectivity index (χ2v) is 8.34. The molecule has 0 aliphatic carbocycles. The van der Waals surface area contributed by atoms with Gasteiger partial charge in [-0.25, -0.2) is 0 Å². The molecule has 0 aliphatic rings. The van der Waals surface area contributed by atoms with Gasteiger partial charge < -0.3 is 13.7 Å². The number of benzene rings is 1. The number of carbonyl (C=O) groups excluding carboxylic acids is 1. The van der Waals surface area contributed by atoms with Gasteiger partial charge in [0.25, 0.3) is 5.22 Å². The van der Waals surface area contributed by atoms with Crippen LogP contribution in [0, 0.1) is 6.92 Å². The lowest BCUT2D eigenvalue weighted by molar-refractivity contribution is -0.142. The molecule has 0 atom stereocenters. The van der Waals surface area contributed by atoms with E-state index >= 15 is 0 Å². The number of rotatable bonds is 7. The summed E-state index contributed by atoms with van der Waals surface area (Å²) in [5, 5.41) is 12.4. The lowest BCUT2D eigenvalue weighted by Gasteiger charge is -2.03. The highest BCUT2D eigenvalue weighted by atomic mass is 32.2. The summed E-state index contributed by atoms with van der Waals surface area (Å²) in [5.74, 6) is 1.36. The molecular formula is C25H22N6O4S. The molecule has 182 valence electrons. The van der Waals surface area contributed by atoms with Gasteiger partial charge in [-0.1, -0.05) is 35.1 Å². The maximum absolute atomic E-state index is 11.0. The largest absolute Gasteiger partial charge is 0.461 e. The number of hydrogen-bond donors (Lipinski definition) is 0. The minimum Gasteiger partial charge on any atom is -0.461 e. The van der Waals surface area contributed by atoms with Gasteiger partial charge in [-0.15, -0.1) is 10.2 Å². The van der Waals surface area contributed by atoms with Gasteiger partial charge in [0.15, 0.2) is 0 Å². The topological polar surface area (TPSA) is 130 Å². The Morgan fingerprint density at radius 2 is 1.72 bits per heavy atom. The summed E-state index contributed by atoms with van der Waals surface area (Å²) in [6.45, 7) is 3.61. The van der Waals surface area contributed by atoms with Crippen LogP contribution >= 0.6 is 11.8 Å². The predicted molar refractivity (Wildman–Crippen MR) is 131 cm³/mol. The first-order valence-electron chi connectivity index (χ1n) is 10.9. The number of thioether (sulfide) groups is 1. The van der Waals surface area contributed by atoms with Crippen LogP contribution in [0.1, 0.15) is 23.9 Å². The van der Waals surface area contributed by atoms with E-state index in [4.69, 9.17) is 13.7 Å². The van der Waals surface area contributed by atoms with E-state index in [1.807, 2.05) is 43.3 Å². The Bertz CT molecular complexity index is 1390. The molecule has 0 aliphatic heterocycles. The van der Waals surface area contributed by atoms with Crippen LogP contribution in [0.4, 0.5) is 0 Å². The first-order valence-corrected chi connectivity index (χ1v) is 11.8. The lowest BCUT2D eigenvalue weighted by Crippen LogP contribution is -1.98. The molecule has 0 bridgehead atoms. The number of esters is 1. The van der Waals surface area contributed by atoms with E-state index in [0.29, 0.717) is 28.6 Å². The number of hydrogen-bond acceptors (Lipinski definition) is 11. The molecule has 0 spiro atoms. The van der Waals surface area contributed by atoms with Crippen LogP contribution in [-0.2, 0) is 21.9 Å². The zero-order chi connectivity index (χ0) is 25.2. The summed E-state index contributed by atoms with van der Waals surface area (Å²) in [4.78, 5) is 23.2. The van der Waals surface area contributed by atoms with Gasteiger partial charge in [0, 0.05) is 42.8 Å². The summed E-state index contributed by atoms with van der Waals surface area (Å²) >= 11 is 1.30. The van der Waals surface area contributed by atoms with E-state index in [9.17, 15) is 4.79 Å². The number of aromatic nitrogens is 6. The van der Waals surface area contributed by atoms with E-state index in [-0.39, 0.29) is 12.6 Å². The molecule has 5 aromatic rings. The van der Waals surface area contributed by atoms with Gasteiger partial charge in [0.05, 0.1) is 5.75 Å². The fraction of sp³-hybridized carbons (Fsp3) is 0.160. The summed E-state index contributed by atoms with van der Waals surface area (Å²) in [5.41, 5.74) is 3.67. The zero-order valence-electron chi connectivity index (χ0n) is 19.6. The standard InChI is InChI=1S/C19H15N5O4S.C6H7N/c1-12(25)26-10-13-3-2-4-15(9-13)17-21-16(28-24-17)11-29-19-23-22-18(27-19)14-5-7-20-8-6-14;1-6-2-4-7-5-3-6/h2-9H,10-11H2,1H3;2-5H,1H3. The van der Waals surface area contributed by atoms with Crippen molar-refractivity contribution in [1.82, 2.24) is 30.3 Å². The average molecular weight is 503 g/mol. The average Bonchev–Trinajstić information content (AvgIpc) is 3.58. The summed E-state index contributed by atoms with van der Waals surface area (Å²) < 4.78 is 15.9. The molecule has 11 heteroatoms. The van der Waals surface area contributed by atoms with Crippen molar-refractivity contribution in [2.75, 3.05) is 0 Å². The quantitative estimate of drug-likeness (QED) is 0.222. The Morgan fingerprint density at radius 3 is 2.42 bits per heavy atom. The second kappa shape index (κ2) is 12.4. The van der Waals surface area contributed by atoms with Crippen LogP contribution in [-0.4, -0.2) is 36.3 Å². The Labute approximate surface area is 211 Å². The summed E-state index contributed by atoms with van der Waals surface area (Å²) in [6, 6.07) is 14.9. The van der Waals surface area contributed by atoms with Crippen LogP contribution in [0.3, 0.4) is 0 Å². The molecule has 0 saturated heterocycles. The van der Waals surface area contributed by atoms with Crippen LogP contribution in [0.2, 0.25) is 0 Å². The number of nitrogens with zero attached hydrogens (tertiary/aromatic N) is 6. The molecule has 0 amide bonds. The molecular weight excluding hydrogens is 480 g/mol. The molecule has 0 radical (unpaired) electrons. The van der Waals surface area contributed by atoms with Crippen molar-refractivity contribution in [3.05, 3.63) is 90.3 Å². The summed E-state index contributed by atoms with van der Waals surface area (Å²) in [7, 11) is 0. The van der Waals surface area contributed by atoms with E-state index in [1.54, 1.807) is 36.9 Å². The molecule has 0 N–H and O–H groups in total. The summed E-state index contributed by atoms with van der Waals surface area (Å²) in [6.07, 6.45) is 6.89. The van der Waals surface area contributed by atoms with Gasteiger partial charge in [-0.3, -0.25) is 14.8 Å². The van der Waals surface area contributed by atoms with Crippen molar-refractivity contribution in [1.29, 1.82) is 0 Å². The first-order chi connectivity index (χ1) is 17.6. The lowest BCUT2D eigenvalue weighted by atomic mass is 10.1. The smallest absolute Gasteiger partial charge is 0.302 e. The normalized spacial score (nSPS) is 10.4. The highest BCUT2D eigenvalue weighted by Crippen LogP contribution is 2.26. The van der Waals surface area contributed by atoms with Crippen molar-refractivity contribution >= 4 is 17.7 Å². The van der Waals surface area contributed by atoms with Gasteiger partial charge in [0.1, 0.15) is 6.61 Å². The number of ether oxygens (including phenoxy) is 1. The second-order valence-electron chi connectivity index (χ2n) is 7.41. The van der Waals surface area contributed by atoms with Crippen LogP contribution < -0.4 is 0 Å². The van der Waals surface area contributed by atoms with Crippen molar-refractivity contribution < 1.29 is 18.5 Å². The van der Waals surface area contributed by atoms with E-state index in [1.165, 1.54) is 24.2 Å². The van der Waals surface area contributed by atoms with Gasteiger partial charge >= 0.3 is 5.97 Å². The molecule has 4 aromatic heterocycles. The molecule has 0 fully saturated rings. The van der Waals surface area contributed by atoms with Gasteiger partial charge in [-0.05, 0) is 48.4 Å². The molecule has 5 rings (SSSR count). The van der Waals surface area contributed by atoms with Gasteiger partial charge in [-0.2, -0.15) is 4.98 Å². The Morgan fingerprint density at radius 1 is 0.972 bits per heavy atom. The fourth-order valence-corrected chi connectivity index (χ4v) is 3.45. The van der Waals surface area contributed by atoms with Crippen molar-refractivity contribution in [2.24, 2.45) is 0 Å². The molecule has 4 heterocycles. The fourth-order valence-electron chi connectivity index (χ4n) is 2.85. The van der Waals surface area contributed by atoms with Crippen LogP contribution in [0.25, 0.3) is 22.8 Å². The Balaban J connectivity index is 0.000000375.